The van der Waals surface area contributed by atoms with Crippen molar-refractivity contribution in [1.29, 1.82) is 0 Å². The van der Waals surface area contributed by atoms with Gasteiger partial charge in [0.05, 0.1) is 6.42 Å². The average molecular weight is 206 g/mol. The molecule has 0 fully saturated rings. The smallest absolute Gasteiger partial charge is 0.303 e. The lowest BCUT2D eigenvalue weighted by Crippen LogP contribution is -2.13. The van der Waals surface area contributed by atoms with E-state index in [2.05, 4.69) is 0 Å². The molecular weight excluding hydrogens is 192 g/mol. The zero-order chi connectivity index (χ0) is 10.8. The fourth-order valence-corrected chi connectivity index (χ4v) is 2.32. The first kappa shape index (κ1) is 10.0. The molecule has 2 N–H and O–H groups in total. The summed E-state index contributed by atoms with van der Waals surface area (Å²) in [6.07, 6.45) is 3.08. The van der Waals surface area contributed by atoms with E-state index < -0.39 is 5.97 Å². The number of phenols is 1. The number of aliphatic carboxylic acids is 1. The van der Waals surface area contributed by atoms with Gasteiger partial charge in [-0.15, -0.1) is 0 Å². The second-order valence-corrected chi connectivity index (χ2v) is 4.07. The van der Waals surface area contributed by atoms with Gasteiger partial charge in [-0.05, 0) is 48.4 Å². The Morgan fingerprint density at radius 3 is 3.00 bits per heavy atom. The zero-order valence-electron chi connectivity index (χ0n) is 8.44. The second-order valence-electron chi connectivity index (χ2n) is 4.07. The Kier molecular flexibility index (Phi) is 2.62. The Balaban J connectivity index is 2.30. The van der Waals surface area contributed by atoms with Crippen molar-refractivity contribution in [2.24, 2.45) is 0 Å². The van der Waals surface area contributed by atoms with Crippen molar-refractivity contribution in [2.75, 3.05) is 0 Å². The van der Waals surface area contributed by atoms with Crippen LogP contribution in [0.3, 0.4) is 0 Å². The van der Waals surface area contributed by atoms with Crippen molar-refractivity contribution in [2.45, 2.75) is 31.6 Å². The highest BCUT2D eigenvalue weighted by atomic mass is 16.4. The Labute approximate surface area is 88.4 Å². The average Bonchev–Trinajstić information content (AvgIpc) is 2.16. The number of aryl methyl sites for hydroxylation is 1. The van der Waals surface area contributed by atoms with Crippen molar-refractivity contribution in [3.05, 3.63) is 29.3 Å². The maximum Gasteiger partial charge on any atom is 0.303 e. The molecule has 0 radical (unpaired) electrons. The predicted molar refractivity (Wildman–Crippen MR) is 56.0 cm³/mol. The number of carboxylic acids is 1. The van der Waals surface area contributed by atoms with Crippen molar-refractivity contribution < 1.29 is 15.0 Å². The Hall–Kier alpha value is -1.51. The third-order valence-corrected chi connectivity index (χ3v) is 2.99. The largest absolute Gasteiger partial charge is 0.508 e. The number of hydrogen-bond donors (Lipinski definition) is 2. The lowest BCUT2D eigenvalue weighted by atomic mass is 9.81. The minimum absolute atomic E-state index is 0.117. The number of carbonyl (C=O) groups is 1. The van der Waals surface area contributed by atoms with Gasteiger partial charge in [-0.3, -0.25) is 4.79 Å². The van der Waals surface area contributed by atoms with Crippen LogP contribution in [0.2, 0.25) is 0 Å². The molecule has 0 amide bonds. The van der Waals surface area contributed by atoms with E-state index >= 15 is 0 Å². The lowest BCUT2D eigenvalue weighted by Gasteiger charge is -2.24. The van der Waals surface area contributed by atoms with Gasteiger partial charge in [0.25, 0.3) is 0 Å². The van der Waals surface area contributed by atoms with E-state index in [4.69, 9.17) is 5.11 Å². The summed E-state index contributed by atoms with van der Waals surface area (Å²) in [7, 11) is 0. The van der Waals surface area contributed by atoms with Gasteiger partial charge in [-0.1, -0.05) is 6.07 Å². The summed E-state index contributed by atoms with van der Waals surface area (Å²) in [6.45, 7) is 0. The third kappa shape index (κ3) is 2.12. The SMILES string of the molecule is O=C(O)CC1CCCc2cc(O)ccc21. The van der Waals surface area contributed by atoms with Gasteiger partial charge in [0.2, 0.25) is 0 Å². The summed E-state index contributed by atoms with van der Waals surface area (Å²) >= 11 is 0. The first-order valence-corrected chi connectivity index (χ1v) is 5.20. The Morgan fingerprint density at radius 2 is 2.27 bits per heavy atom. The van der Waals surface area contributed by atoms with E-state index in [1.807, 2.05) is 6.07 Å². The monoisotopic (exact) mass is 206 g/mol. The molecule has 1 aliphatic carbocycles. The molecule has 1 atom stereocenters. The number of rotatable bonds is 2. The van der Waals surface area contributed by atoms with Crippen LogP contribution in [0, 0.1) is 0 Å². The molecule has 0 saturated carbocycles. The van der Waals surface area contributed by atoms with Crippen molar-refractivity contribution in [3.8, 4) is 5.75 Å². The van der Waals surface area contributed by atoms with Crippen LogP contribution in [0.4, 0.5) is 0 Å². The summed E-state index contributed by atoms with van der Waals surface area (Å²) < 4.78 is 0. The van der Waals surface area contributed by atoms with Crippen LogP contribution in [0.25, 0.3) is 0 Å². The van der Waals surface area contributed by atoms with E-state index in [-0.39, 0.29) is 18.1 Å². The minimum atomic E-state index is -0.749. The maximum atomic E-state index is 10.7. The molecule has 2 rings (SSSR count). The summed E-state index contributed by atoms with van der Waals surface area (Å²) in [5.41, 5.74) is 2.20. The molecule has 1 aliphatic rings. The molecule has 0 aromatic heterocycles. The second kappa shape index (κ2) is 3.93. The van der Waals surface area contributed by atoms with Gasteiger partial charge in [-0.2, -0.15) is 0 Å². The standard InChI is InChI=1S/C12H14O3/c13-10-4-5-11-8(6-10)2-1-3-9(11)7-12(14)15/h4-6,9,13H,1-3,7H2,(H,14,15). The van der Waals surface area contributed by atoms with E-state index in [1.54, 1.807) is 12.1 Å². The normalized spacial score (nSPS) is 19.6. The van der Waals surface area contributed by atoms with Gasteiger partial charge in [-0.25, -0.2) is 0 Å². The topological polar surface area (TPSA) is 57.5 Å². The van der Waals surface area contributed by atoms with Gasteiger partial charge in [0.1, 0.15) is 5.75 Å². The number of phenolic OH excluding ortho intramolecular Hbond substituents is 1. The van der Waals surface area contributed by atoms with Gasteiger partial charge in [0, 0.05) is 0 Å². The molecular formula is C12H14O3. The number of carboxylic acid groups (broad SMARTS) is 1. The van der Waals surface area contributed by atoms with Crippen LogP contribution in [0.15, 0.2) is 18.2 Å². The summed E-state index contributed by atoms with van der Waals surface area (Å²) in [5.74, 6) is -0.363. The molecule has 1 aromatic carbocycles. The highest BCUT2D eigenvalue weighted by Crippen LogP contribution is 2.35. The molecule has 0 spiro atoms. The van der Waals surface area contributed by atoms with Crippen LogP contribution in [-0.2, 0) is 11.2 Å². The molecule has 1 aromatic rings. The number of hydrogen-bond acceptors (Lipinski definition) is 2. The number of fused-ring (bicyclic) bond motifs is 1. The quantitative estimate of drug-likeness (QED) is 0.780. The van der Waals surface area contributed by atoms with E-state index in [1.165, 1.54) is 0 Å². The predicted octanol–water partition coefficient (Wildman–Crippen LogP) is 2.29. The maximum absolute atomic E-state index is 10.7. The van der Waals surface area contributed by atoms with Crippen LogP contribution in [0.1, 0.15) is 36.3 Å². The van der Waals surface area contributed by atoms with E-state index in [9.17, 15) is 9.90 Å². The summed E-state index contributed by atoms with van der Waals surface area (Å²) in [5, 5.41) is 18.1. The Bertz CT molecular complexity index is 384. The van der Waals surface area contributed by atoms with Crippen molar-refractivity contribution in [1.82, 2.24) is 0 Å². The summed E-state index contributed by atoms with van der Waals surface area (Å²) in [4.78, 5) is 10.7. The molecule has 3 nitrogen and oxygen atoms in total. The highest BCUT2D eigenvalue weighted by Gasteiger charge is 2.22. The van der Waals surface area contributed by atoms with E-state index in [0.29, 0.717) is 0 Å². The minimum Gasteiger partial charge on any atom is -0.508 e. The molecule has 0 saturated heterocycles. The van der Waals surface area contributed by atoms with Crippen LogP contribution in [-0.4, -0.2) is 16.2 Å². The van der Waals surface area contributed by atoms with Gasteiger partial charge < -0.3 is 10.2 Å². The number of benzene rings is 1. The number of aromatic hydroxyl groups is 1. The molecule has 0 heterocycles. The molecule has 1 unspecified atom stereocenters. The molecule has 0 bridgehead atoms. The van der Waals surface area contributed by atoms with Crippen LogP contribution in [0.5, 0.6) is 5.75 Å². The highest BCUT2D eigenvalue weighted by molar-refractivity contribution is 5.68. The fraction of sp³-hybridized carbons (Fsp3) is 0.417. The van der Waals surface area contributed by atoms with E-state index in [0.717, 1.165) is 30.4 Å². The Morgan fingerprint density at radius 1 is 1.47 bits per heavy atom. The molecule has 0 aliphatic heterocycles. The molecule has 3 heteroatoms. The fourth-order valence-electron chi connectivity index (χ4n) is 2.32. The van der Waals surface area contributed by atoms with Crippen molar-refractivity contribution in [3.63, 3.8) is 0 Å². The zero-order valence-corrected chi connectivity index (χ0v) is 8.44. The first-order chi connectivity index (χ1) is 7.16. The van der Waals surface area contributed by atoms with Gasteiger partial charge in [0.15, 0.2) is 0 Å². The lowest BCUT2D eigenvalue weighted by molar-refractivity contribution is -0.137. The first-order valence-electron chi connectivity index (χ1n) is 5.20. The third-order valence-electron chi connectivity index (χ3n) is 2.99. The van der Waals surface area contributed by atoms with Crippen LogP contribution < -0.4 is 0 Å². The summed E-state index contributed by atoms with van der Waals surface area (Å²) in [6, 6.07) is 5.25. The molecule has 80 valence electrons. The van der Waals surface area contributed by atoms with Gasteiger partial charge >= 0.3 is 5.97 Å². The molecule has 15 heavy (non-hydrogen) atoms. The van der Waals surface area contributed by atoms with Crippen molar-refractivity contribution >= 4 is 5.97 Å². The van der Waals surface area contributed by atoms with Crippen LogP contribution >= 0.6 is 0 Å².